The molecule has 0 aliphatic heterocycles. The third kappa shape index (κ3) is 4.39. The predicted molar refractivity (Wildman–Crippen MR) is 232 cm³/mol. The van der Waals surface area contributed by atoms with E-state index in [1.165, 1.54) is 54.3 Å². The highest BCUT2D eigenvalue weighted by Gasteiger charge is 2.23. The third-order valence-corrected chi connectivity index (χ3v) is 11.4. The number of hydrogen-bond acceptors (Lipinski definition) is 3. The molecule has 0 amide bonds. The van der Waals surface area contributed by atoms with Gasteiger partial charge in [0.05, 0.1) is 27.8 Å². The minimum atomic E-state index is 0.590. The first-order chi connectivity index (χ1) is 27.8. The number of pyridine rings is 1. The fourth-order valence-electron chi connectivity index (χ4n) is 9.04. The molecule has 0 aliphatic rings. The summed E-state index contributed by atoms with van der Waals surface area (Å²) in [5.41, 5.74) is 10.5. The lowest BCUT2D eigenvalue weighted by Crippen LogP contribution is -2.04. The molecule has 12 aromatic rings. The van der Waals surface area contributed by atoms with E-state index in [0.717, 1.165) is 44.3 Å². The molecule has 0 fully saturated rings. The molecule has 8 aromatic carbocycles. The molecule has 0 unspecified atom stereocenters. The van der Waals surface area contributed by atoms with Crippen molar-refractivity contribution in [3.05, 3.63) is 188 Å². The van der Waals surface area contributed by atoms with Crippen LogP contribution in [-0.4, -0.2) is 24.1 Å². The number of fused-ring (bicyclic) bond motifs is 11. The summed E-state index contributed by atoms with van der Waals surface area (Å²) >= 11 is 0. The summed E-state index contributed by atoms with van der Waals surface area (Å²) in [4.78, 5) is 15.3. The first kappa shape index (κ1) is 30.8. The van der Waals surface area contributed by atoms with Crippen molar-refractivity contribution in [3.63, 3.8) is 0 Å². The lowest BCUT2D eigenvalue weighted by atomic mass is 9.90. The zero-order chi connectivity index (χ0) is 36.7. The van der Waals surface area contributed by atoms with Crippen LogP contribution >= 0.6 is 0 Å². The largest absolute Gasteiger partial charge is 0.309 e. The number of nitrogens with zero attached hydrogens (tertiary/aromatic N) is 5. The Balaban J connectivity index is 1.24. The van der Waals surface area contributed by atoms with Gasteiger partial charge in [-0.3, -0.25) is 4.57 Å². The molecule has 5 heteroatoms. The molecule has 0 radical (unpaired) electrons. The summed E-state index contributed by atoms with van der Waals surface area (Å²) in [6.07, 6.45) is 1.81. The van der Waals surface area contributed by atoms with E-state index in [0.29, 0.717) is 11.6 Å². The van der Waals surface area contributed by atoms with Crippen LogP contribution in [0.25, 0.3) is 110 Å². The van der Waals surface area contributed by atoms with Crippen molar-refractivity contribution in [1.82, 2.24) is 24.1 Å². The van der Waals surface area contributed by atoms with Crippen molar-refractivity contribution < 1.29 is 0 Å². The van der Waals surface area contributed by atoms with Crippen molar-refractivity contribution in [2.45, 2.75) is 0 Å². The molecule has 12 rings (SSSR count). The molecule has 56 heavy (non-hydrogen) atoms. The molecule has 0 atom stereocenters. The Morgan fingerprint density at radius 1 is 0.357 bits per heavy atom. The molecule has 5 nitrogen and oxygen atoms in total. The second kappa shape index (κ2) is 11.9. The Morgan fingerprint density at radius 2 is 0.839 bits per heavy atom. The summed E-state index contributed by atoms with van der Waals surface area (Å²) in [6.45, 7) is 0. The second-order valence-corrected chi connectivity index (χ2v) is 14.4. The smallest absolute Gasteiger partial charge is 0.237 e. The predicted octanol–water partition coefficient (Wildman–Crippen LogP) is 12.9. The SMILES string of the molecule is c1ccc(-c2nc(-n3c4ccccc4c4c5ccccc5c(-c5cc6c(c7ccccc57)c5ccccc5n6-c5ccccc5)cc43)nc3ncccc23)cc1. The standard InChI is InChI=1S/C51H31N5/c1-3-16-32(17-4-1)49-40-26-15-29-52-50(40)54-51(53-49)56-44-28-14-12-25-39(44)48-37-23-10-8-21-35(37)42(31-46(48)56)41-30-45-47(36-22-9-7-20-34(36)41)38-24-11-13-27-43(38)55(45)33-18-5-2-6-19-33/h1-31H. The molecular weight excluding hydrogens is 683 g/mol. The molecule has 0 saturated carbocycles. The van der Waals surface area contributed by atoms with Crippen LogP contribution in [0.15, 0.2) is 188 Å². The van der Waals surface area contributed by atoms with Gasteiger partial charge in [-0.1, -0.05) is 133 Å². The highest BCUT2D eigenvalue weighted by molar-refractivity contribution is 6.28. The maximum atomic E-state index is 5.37. The number of benzene rings is 8. The average Bonchev–Trinajstić information content (AvgIpc) is 3.79. The van der Waals surface area contributed by atoms with Crippen molar-refractivity contribution >= 4 is 76.2 Å². The van der Waals surface area contributed by atoms with Crippen LogP contribution in [0.1, 0.15) is 0 Å². The highest BCUT2D eigenvalue weighted by atomic mass is 15.2. The Morgan fingerprint density at radius 3 is 1.46 bits per heavy atom. The van der Waals surface area contributed by atoms with E-state index in [1.54, 1.807) is 6.20 Å². The van der Waals surface area contributed by atoms with Crippen LogP contribution in [0, 0.1) is 0 Å². The number of hydrogen-bond donors (Lipinski definition) is 0. The summed E-state index contributed by atoms with van der Waals surface area (Å²) in [5, 5.41) is 10.6. The molecule has 4 heterocycles. The fourth-order valence-corrected chi connectivity index (χ4v) is 9.04. The average molecular weight is 714 g/mol. The van der Waals surface area contributed by atoms with E-state index in [4.69, 9.17) is 15.0 Å². The van der Waals surface area contributed by atoms with E-state index >= 15 is 0 Å². The van der Waals surface area contributed by atoms with E-state index in [1.807, 2.05) is 12.1 Å². The zero-order valence-corrected chi connectivity index (χ0v) is 30.1. The van der Waals surface area contributed by atoms with E-state index in [-0.39, 0.29) is 0 Å². The summed E-state index contributed by atoms with van der Waals surface area (Å²) < 4.78 is 4.65. The quantitative estimate of drug-likeness (QED) is 0.182. The summed E-state index contributed by atoms with van der Waals surface area (Å²) in [5.74, 6) is 0.590. The summed E-state index contributed by atoms with van der Waals surface area (Å²) in [6, 6.07) is 64.9. The zero-order valence-electron chi connectivity index (χ0n) is 30.1. The Bertz CT molecular complexity index is 3530. The second-order valence-electron chi connectivity index (χ2n) is 14.4. The van der Waals surface area contributed by atoms with E-state index < -0.39 is 0 Å². The highest BCUT2D eigenvalue weighted by Crippen LogP contribution is 2.46. The van der Waals surface area contributed by atoms with Crippen LogP contribution in [0.5, 0.6) is 0 Å². The van der Waals surface area contributed by atoms with Crippen molar-refractivity contribution in [1.29, 1.82) is 0 Å². The fraction of sp³-hybridized carbons (Fsp3) is 0. The van der Waals surface area contributed by atoms with Gasteiger partial charge in [0, 0.05) is 44.4 Å². The van der Waals surface area contributed by atoms with Crippen LogP contribution < -0.4 is 0 Å². The molecule has 0 bridgehead atoms. The van der Waals surface area contributed by atoms with Crippen LogP contribution in [-0.2, 0) is 0 Å². The minimum absolute atomic E-state index is 0.590. The van der Waals surface area contributed by atoms with Gasteiger partial charge in [0.1, 0.15) is 0 Å². The van der Waals surface area contributed by atoms with Gasteiger partial charge in [-0.25, -0.2) is 9.97 Å². The minimum Gasteiger partial charge on any atom is -0.309 e. The monoisotopic (exact) mass is 713 g/mol. The number of aromatic nitrogens is 5. The number of rotatable bonds is 4. The number of para-hydroxylation sites is 3. The maximum Gasteiger partial charge on any atom is 0.237 e. The third-order valence-electron chi connectivity index (χ3n) is 11.4. The Kier molecular flexibility index (Phi) is 6.56. The maximum absolute atomic E-state index is 5.37. The molecular formula is C51H31N5. The van der Waals surface area contributed by atoms with Gasteiger partial charge in [0.2, 0.25) is 5.95 Å². The molecule has 260 valence electrons. The van der Waals surface area contributed by atoms with Gasteiger partial charge < -0.3 is 4.57 Å². The molecule has 0 aliphatic carbocycles. The van der Waals surface area contributed by atoms with E-state index in [2.05, 4.69) is 179 Å². The van der Waals surface area contributed by atoms with E-state index in [9.17, 15) is 0 Å². The normalized spacial score (nSPS) is 11.9. The van der Waals surface area contributed by atoms with Crippen LogP contribution in [0.4, 0.5) is 0 Å². The van der Waals surface area contributed by atoms with Crippen LogP contribution in [0.2, 0.25) is 0 Å². The van der Waals surface area contributed by atoms with Crippen molar-refractivity contribution in [2.24, 2.45) is 0 Å². The van der Waals surface area contributed by atoms with Gasteiger partial charge in [0.15, 0.2) is 5.65 Å². The van der Waals surface area contributed by atoms with Gasteiger partial charge in [-0.15, -0.1) is 0 Å². The van der Waals surface area contributed by atoms with Gasteiger partial charge >= 0.3 is 0 Å². The Labute approximate surface area is 321 Å². The first-order valence-corrected chi connectivity index (χ1v) is 19.0. The molecule has 0 spiro atoms. The lowest BCUT2D eigenvalue weighted by Gasteiger charge is -2.16. The van der Waals surface area contributed by atoms with Crippen molar-refractivity contribution in [3.8, 4) is 34.0 Å². The van der Waals surface area contributed by atoms with Gasteiger partial charge in [-0.05, 0) is 81.2 Å². The summed E-state index contributed by atoms with van der Waals surface area (Å²) in [7, 11) is 0. The molecule has 0 saturated heterocycles. The van der Waals surface area contributed by atoms with Gasteiger partial charge in [-0.2, -0.15) is 4.98 Å². The first-order valence-electron chi connectivity index (χ1n) is 19.0. The van der Waals surface area contributed by atoms with Gasteiger partial charge in [0.25, 0.3) is 0 Å². The van der Waals surface area contributed by atoms with Crippen LogP contribution in [0.3, 0.4) is 0 Å². The van der Waals surface area contributed by atoms with Crippen molar-refractivity contribution in [2.75, 3.05) is 0 Å². The molecule has 0 N–H and O–H groups in total. The lowest BCUT2D eigenvalue weighted by molar-refractivity contribution is 1.00. The topological polar surface area (TPSA) is 48.5 Å². The molecule has 4 aromatic heterocycles. The Hall–Kier alpha value is -7.63.